The van der Waals surface area contributed by atoms with Gasteiger partial charge in [0.15, 0.2) is 4.33 Å². The Morgan fingerprint density at radius 1 is 1.00 bits per heavy atom. The molecule has 1 aliphatic carbocycles. The predicted molar refractivity (Wildman–Crippen MR) is 58.8 cm³/mol. The second kappa shape index (κ2) is 3.28. The third kappa shape index (κ3) is 1.37. The summed E-state index contributed by atoms with van der Waals surface area (Å²) in [6.45, 7) is 0. The van der Waals surface area contributed by atoms with Gasteiger partial charge in [0.1, 0.15) is 0 Å². The molecule has 0 aromatic carbocycles. The van der Waals surface area contributed by atoms with Crippen LogP contribution in [0, 0.1) is 0 Å². The van der Waals surface area contributed by atoms with Crippen molar-refractivity contribution in [3.05, 3.63) is 8.96 Å². The molecule has 1 rings (SSSR count). The Morgan fingerprint density at radius 3 is 1.50 bits per heavy atom. The third-order valence-corrected chi connectivity index (χ3v) is 6.33. The molecule has 0 fully saturated rings. The van der Waals surface area contributed by atoms with Crippen molar-refractivity contribution in [3.8, 4) is 0 Å². The fourth-order valence-corrected chi connectivity index (χ4v) is 3.15. The number of carbonyl (C=O) groups is 1. The van der Waals surface area contributed by atoms with E-state index in [1.165, 1.54) is 0 Å². The molecule has 0 heterocycles. The van der Waals surface area contributed by atoms with Gasteiger partial charge in [0, 0.05) is 0 Å². The predicted octanol–water partition coefficient (Wildman–Crippen LogP) is 3.92. The topological polar surface area (TPSA) is 17.1 Å². The van der Waals surface area contributed by atoms with Gasteiger partial charge in [-0.3, -0.25) is 4.79 Å². The summed E-state index contributed by atoms with van der Waals surface area (Å²) in [5.74, 6) is -0.553. The van der Waals surface area contributed by atoms with Crippen molar-refractivity contribution in [1.29, 1.82) is 0 Å². The molecule has 0 aromatic heterocycles. The maximum Gasteiger partial charge on any atom is 0.218 e. The van der Waals surface area contributed by atoms with Crippen molar-refractivity contribution in [2.75, 3.05) is 0 Å². The van der Waals surface area contributed by atoms with Crippen LogP contribution in [0.1, 0.15) is 0 Å². The molecule has 0 N–H and O–H groups in total. The Bertz CT molecular complexity index is 283. The van der Waals surface area contributed by atoms with Gasteiger partial charge in [-0.2, -0.15) is 0 Å². The van der Waals surface area contributed by atoms with Crippen molar-refractivity contribution in [1.82, 2.24) is 0 Å². The van der Waals surface area contributed by atoms with E-state index in [1.807, 2.05) is 0 Å². The van der Waals surface area contributed by atoms with E-state index in [0.29, 0.717) is 0 Å². The Kier molecular flexibility index (Phi) is 3.17. The number of allylic oxidation sites excluding steroid dienone is 2. The molecule has 0 spiro atoms. The van der Waals surface area contributed by atoms with Gasteiger partial charge in [0.05, 0.1) is 8.96 Å². The van der Waals surface area contributed by atoms with E-state index in [4.69, 9.17) is 46.4 Å². The van der Waals surface area contributed by atoms with E-state index in [2.05, 4.69) is 31.9 Å². The largest absolute Gasteiger partial charge is 0.290 e. The Morgan fingerprint density at radius 2 is 1.42 bits per heavy atom. The van der Waals surface area contributed by atoms with Crippen molar-refractivity contribution in [2.24, 2.45) is 0 Å². The molecule has 0 atom stereocenters. The van der Waals surface area contributed by atoms with Crippen LogP contribution in [0.4, 0.5) is 0 Å². The van der Waals surface area contributed by atoms with Crippen LogP contribution >= 0.6 is 78.3 Å². The molecule has 0 saturated heterocycles. The van der Waals surface area contributed by atoms with Gasteiger partial charge in [-0.1, -0.05) is 62.3 Å². The lowest BCUT2D eigenvalue weighted by Gasteiger charge is -2.23. The zero-order chi connectivity index (χ0) is 9.73. The average Bonchev–Trinajstić information content (AvgIpc) is 2.05. The number of halogens is 6. The molecule has 1 aliphatic rings. The van der Waals surface area contributed by atoms with Gasteiger partial charge in [-0.25, -0.2) is 0 Å². The number of rotatable bonds is 0. The van der Waals surface area contributed by atoms with E-state index in [0.717, 1.165) is 0 Å². The van der Waals surface area contributed by atoms with Crippen LogP contribution in [-0.4, -0.2) is 14.4 Å². The molecule has 12 heavy (non-hydrogen) atoms. The molecule has 0 amide bonds. The minimum absolute atomic E-state index is 0.164. The molecule has 7 heteroatoms. The van der Waals surface area contributed by atoms with Gasteiger partial charge in [0.2, 0.25) is 10.1 Å². The first kappa shape index (κ1) is 11.6. The summed E-state index contributed by atoms with van der Waals surface area (Å²) in [7, 11) is 0. The van der Waals surface area contributed by atoms with E-state index in [1.54, 1.807) is 0 Å². The highest BCUT2D eigenvalue weighted by molar-refractivity contribution is 9.14. The zero-order valence-electron chi connectivity index (χ0n) is 5.18. The standard InChI is InChI=1S/C5Br2Cl4O/c6-1-2(7)4(8,9)5(10,11)3(1)12. The zero-order valence-corrected chi connectivity index (χ0v) is 11.4. The lowest BCUT2D eigenvalue weighted by molar-refractivity contribution is -0.114. The first-order valence-electron chi connectivity index (χ1n) is 2.59. The van der Waals surface area contributed by atoms with Gasteiger partial charge in [0.25, 0.3) is 0 Å². The highest BCUT2D eigenvalue weighted by Gasteiger charge is 2.61. The molecule has 68 valence electrons. The van der Waals surface area contributed by atoms with Gasteiger partial charge in [-0.05, 0) is 15.9 Å². The van der Waals surface area contributed by atoms with Crippen LogP contribution < -0.4 is 0 Å². The monoisotopic (exact) mass is 374 g/mol. The lowest BCUT2D eigenvalue weighted by atomic mass is 10.3. The van der Waals surface area contributed by atoms with E-state index >= 15 is 0 Å². The Balaban J connectivity index is 3.31. The van der Waals surface area contributed by atoms with Crippen molar-refractivity contribution in [2.45, 2.75) is 8.67 Å². The molecular formula is C5Br2Cl4O. The molecule has 0 aromatic rings. The Labute approximate surface area is 106 Å². The summed E-state index contributed by atoms with van der Waals surface area (Å²) in [6.07, 6.45) is 0. The van der Waals surface area contributed by atoms with Crippen LogP contribution in [0.3, 0.4) is 0 Å². The van der Waals surface area contributed by atoms with E-state index in [-0.39, 0.29) is 8.96 Å². The number of hydrogen-bond donors (Lipinski definition) is 0. The van der Waals surface area contributed by atoms with Gasteiger partial charge >= 0.3 is 0 Å². The van der Waals surface area contributed by atoms with E-state index in [9.17, 15) is 4.79 Å². The lowest BCUT2D eigenvalue weighted by Crippen LogP contribution is -2.37. The average molecular weight is 378 g/mol. The summed E-state index contributed by atoms with van der Waals surface area (Å²) < 4.78 is -3.06. The number of Topliss-reactive ketones (excluding diaryl/α,β-unsaturated/α-hetero) is 1. The quantitative estimate of drug-likeness (QED) is 0.585. The maximum absolute atomic E-state index is 11.3. The summed E-state index contributed by atoms with van der Waals surface area (Å²) in [5, 5.41) is 0. The molecule has 0 saturated carbocycles. The SMILES string of the molecule is O=C1C(Br)=C(Br)C(Cl)(Cl)C1(Cl)Cl. The summed E-state index contributed by atoms with van der Waals surface area (Å²) in [6, 6.07) is 0. The summed E-state index contributed by atoms with van der Waals surface area (Å²) in [4.78, 5) is 11.3. The molecule has 0 radical (unpaired) electrons. The number of carbonyl (C=O) groups excluding carboxylic acids is 1. The number of ketones is 1. The molecule has 1 nitrogen and oxygen atoms in total. The maximum atomic E-state index is 11.3. The van der Waals surface area contributed by atoms with E-state index < -0.39 is 14.4 Å². The van der Waals surface area contributed by atoms with Crippen molar-refractivity contribution in [3.63, 3.8) is 0 Å². The molecule has 0 bridgehead atoms. The first-order valence-corrected chi connectivity index (χ1v) is 5.69. The fraction of sp³-hybridized carbons (Fsp3) is 0.400. The minimum atomic E-state index is -1.84. The van der Waals surface area contributed by atoms with Crippen LogP contribution in [0.15, 0.2) is 8.96 Å². The van der Waals surface area contributed by atoms with Crippen LogP contribution in [0.25, 0.3) is 0 Å². The molecule has 0 unspecified atom stereocenters. The van der Waals surface area contributed by atoms with Crippen LogP contribution in [0.2, 0.25) is 0 Å². The number of hydrogen-bond acceptors (Lipinski definition) is 1. The number of alkyl halides is 4. The summed E-state index contributed by atoms with van der Waals surface area (Å²) >= 11 is 28.8. The van der Waals surface area contributed by atoms with Gasteiger partial charge in [-0.15, -0.1) is 0 Å². The Hall–Kier alpha value is 1.53. The minimum Gasteiger partial charge on any atom is -0.290 e. The second-order valence-corrected chi connectivity index (χ2v) is 6.35. The fourth-order valence-electron chi connectivity index (χ4n) is 0.656. The third-order valence-electron chi connectivity index (χ3n) is 1.35. The highest BCUT2D eigenvalue weighted by Crippen LogP contribution is 2.58. The highest BCUT2D eigenvalue weighted by atomic mass is 79.9. The molecular weight excluding hydrogens is 378 g/mol. The normalized spacial score (nSPS) is 26.7. The molecule has 0 aliphatic heterocycles. The van der Waals surface area contributed by atoms with Crippen molar-refractivity contribution >= 4 is 84.0 Å². The second-order valence-electron chi connectivity index (χ2n) is 2.11. The smallest absolute Gasteiger partial charge is 0.218 e. The van der Waals surface area contributed by atoms with Crippen LogP contribution in [0.5, 0.6) is 0 Å². The summed E-state index contributed by atoms with van der Waals surface area (Å²) in [5.41, 5.74) is 0. The van der Waals surface area contributed by atoms with Crippen molar-refractivity contribution < 1.29 is 4.79 Å². The van der Waals surface area contributed by atoms with Gasteiger partial charge < -0.3 is 0 Å². The van der Waals surface area contributed by atoms with Crippen LogP contribution in [-0.2, 0) is 4.79 Å². The first-order chi connectivity index (χ1) is 5.23.